The van der Waals surface area contributed by atoms with Gasteiger partial charge in [-0.15, -0.1) is 22.7 Å². The normalized spacial score (nSPS) is 11.1. The standard InChI is InChI=1S/C20H16Cl2N2OS2/c1-10-13(8-16(21)26-10)18-19(14-9-17(22)27-11(14)2)24-20(23-18)12-6-4-5-7-15(12)25-3/h4-9H,1-3H3,(H,23,24). The van der Waals surface area contributed by atoms with Crippen molar-refractivity contribution in [3.63, 3.8) is 0 Å². The van der Waals surface area contributed by atoms with Crippen LogP contribution in [0.15, 0.2) is 36.4 Å². The van der Waals surface area contributed by atoms with Gasteiger partial charge in [0.15, 0.2) is 0 Å². The number of nitrogens with zero attached hydrogens (tertiary/aromatic N) is 1. The van der Waals surface area contributed by atoms with Crippen LogP contribution >= 0.6 is 45.9 Å². The molecule has 138 valence electrons. The molecule has 3 aromatic heterocycles. The Hall–Kier alpha value is -1.79. The molecule has 0 radical (unpaired) electrons. The van der Waals surface area contributed by atoms with Crippen LogP contribution in [0.25, 0.3) is 33.9 Å². The van der Waals surface area contributed by atoms with E-state index in [4.69, 9.17) is 32.9 Å². The van der Waals surface area contributed by atoms with Gasteiger partial charge in [0.2, 0.25) is 0 Å². The van der Waals surface area contributed by atoms with Gasteiger partial charge in [-0.1, -0.05) is 35.3 Å². The molecule has 0 fully saturated rings. The third-order valence-corrected chi connectivity index (χ3v) is 6.72. The molecule has 27 heavy (non-hydrogen) atoms. The molecule has 0 amide bonds. The number of thiophene rings is 2. The smallest absolute Gasteiger partial charge is 0.142 e. The number of imidazole rings is 1. The molecule has 1 N–H and O–H groups in total. The average molecular weight is 435 g/mol. The SMILES string of the molecule is COc1ccccc1-c1nc(-c2cc(Cl)sc2C)c(-c2cc(Cl)sc2C)[nH]1. The molecule has 0 aliphatic rings. The van der Waals surface area contributed by atoms with Gasteiger partial charge in [0.25, 0.3) is 0 Å². The van der Waals surface area contributed by atoms with Crippen molar-refractivity contribution in [2.75, 3.05) is 7.11 Å². The van der Waals surface area contributed by atoms with Crippen LogP contribution in [0.5, 0.6) is 5.75 Å². The lowest BCUT2D eigenvalue weighted by Gasteiger charge is -2.04. The zero-order valence-corrected chi connectivity index (χ0v) is 18.0. The third-order valence-electron chi connectivity index (χ3n) is 4.37. The van der Waals surface area contributed by atoms with Crippen molar-refractivity contribution in [3.8, 4) is 39.7 Å². The summed E-state index contributed by atoms with van der Waals surface area (Å²) in [6.45, 7) is 4.12. The van der Waals surface area contributed by atoms with Gasteiger partial charge in [-0.3, -0.25) is 0 Å². The first-order valence-electron chi connectivity index (χ1n) is 8.24. The quantitative estimate of drug-likeness (QED) is 0.361. The minimum atomic E-state index is 0.746. The van der Waals surface area contributed by atoms with E-state index in [1.165, 1.54) is 0 Å². The zero-order valence-electron chi connectivity index (χ0n) is 14.9. The maximum atomic E-state index is 6.27. The second kappa shape index (κ2) is 7.32. The molecule has 0 bridgehead atoms. The molecular weight excluding hydrogens is 419 g/mol. The van der Waals surface area contributed by atoms with Crippen LogP contribution in [0.1, 0.15) is 9.75 Å². The van der Waals surface area contributed by atoms with Gasteiger partial charge in [-0.2, -0.15) is 0 Å². The maximum absolute atomic E-state index is 6.27. The summed E-state index contributed by atoms with van der Waals surface area (Å²) in [5.74, 6) is 1.52. The molecule has 0 saturated heterocycles. The van der Waals surface area contributed by atoms with Gasteiger partial charge in [0.1, 0.15) is 11.6 Å². The highest BCUT2D eigenvalue weighted by atomic mass is 35.5. The number of para-hydroxylation sites is 1. The lowest BCUT2D eigenvalue weighted by atomic mass is 10.1. The largest absolute Gasteiger partial charge is 0.496 e. The van der Waals surface area contributed by atoms with E-state index >= 15 is 0 Å². The molecule has 3 heterocycles. The van der Waals surface area contributed by atoms with Gasteiger partial charge in [0, 0.05) is 20.9 Å². The maximum Gasteiger partial charge on any atom is 0.142 e. The predicted octanol–water partition coefficient (Wildman–Crippen LogP) is 7.47. The summed E-state index contributed by atoms with van der Waals surface area (Å²) in [6, 6.07) is 11.8. The fourth-order valence-electron chi connectivity index (χ4n) is 3.11. The summed E-state index contributed by atoms with van der Waals surface area (Å²) in [5.41, 5.74) is 4.79. The lowest BCUT2D eigenvalue weighted by Crippen LogP contribution is -1.88. The fraction of sp³-hybridized carbons (Fsp3) is 0.150. The van der Waals surface area contributed by atoms with Crippen LogP contribution in [0.4, 0.5) is 0 Å². The van der Waals surface area contributed by atoms with Gasteiger partial charge < -0.3 is 9.72 Å². The highest BCUT2D eigenvalue weighted by Gasteiger charge is 2.22. The Labute approximate surface area is 175 Å². The van der Waals surface area contributed by atoms with Crippen molar-refractivity contribution >= 4 is 45.9 Å². The van der Waals surface area contributed by atoms with E-state index in [9.17, 15) is 0 Å². The number of ether oxygens (including phenoxy) is 1. The number of halogens is 2. The van der Waals surface area contributed by atoms with Crippen LogP contribution in [0.3, 0.4) is 0 Å². The molecule has 4 rings (SSSR count). The van der Waals surface area contributed by atoms with Crippen molar-refractivity contribution in [2.45, 2.75) is 13.8 Å². The van der Waals surface area contributed by atoms with Gasteiger partial charge in [-0.05, 0) is 38.1 Å². The fourth-order valence-corrected chi connectivity index (χ4v) is 5.49. The molecule has 0 saturated carbocycles. The molecule has 7 heteroatoms. The van der Waals surface area contributed by atoms with Crippen LogP contribution in [-0.2, 0) is 0 Å². The molecule has 0 spiro atoms. The molecule has 4 aromatic rings. The summed E-state index contributed by atoms with van der Waals surface area (Å²) < 4.78 is 7.02. The Kier molecular flexibility index (Phi) is 5.03. The minimum Gasteiger partial charge on any atom is -0.496 e. The van der Waals surface area contributed by atoms with E-state index in [1.54, 1.807) is 29.8 Å². The molecule has 3 nitrogen and oxygen atoms in total. The van der Waals surface area contributed by atoms with Crippen LogP contribution in [-0.4, -0.2) is 17.1 Å². The summed E-state index contributed by atoms with van der Waals surface area (Å²) in [4.78, 5) is 10.7. The first-order chi connectivity index (χ1) is 13.0. The van der Waals surface area contributed by atoms with Crippen molar-refractivity contribution < 1.29 is 4.74 Å². The first-order valence-corrected chi connectivity index (χ1v) is 10.6. The summed E-state index contributed by atoms with van der Waals surface area (Å²) in [7, 11) is 1.66. The van der Waals surface area contributed by atoms with E-state index in [1.807, 2.05) is 36.4 Å². The first kappa shape index (κ1) is 18.6. The highest BCUT2D eigenvalue weighted by Crippen LogP contribution is 2.43. The number of methoxy groups -OCH3 is 1. The molecular formula is C20H16Cl2N2OS2. The summed E-state index contributed by atoms with van der Waals surface area (Å²) in [5, 5.41) is 0. The van der Waals surface area contributed by atoms with Crippen molar-refractivity contribution in [3.05, 3.63) is 54.8 Å². The number of aryl methyl sites for hydroxylation is 2. The van der Waals surface area contributed by atoms with Crippen molar-refractivity contribution in [2.24, 2.45) is 0 Å². The lowest BCUT2D eigenvalue weighted by molar-refractivity contribution is 0.416. The highest BCUT2D eigenvalue weighted by molar-refractivity contribution is 7.17. The van der Waals surface area contributed by atoms with Crippen molar-refractivity contribution in [1.82, 2.24) is 9.97 Å². The van der Waals surface area contributed by atoms with Crippen LogP contribution in [0.2, 0.25) is 8.67 Å². The molecule has 0 unspecified atom stereocenters. The van der Waals surface area contributed by atoms with Crippen molar-refractivity contribution in [1.29, 1.82) is 0 Å². The van der Waals surface area contributed by atoms with Crippen LogP contribution in [0, 0.1) is 13.8 Å². The Morgan fingerprint density at radius 3 is 2.15 bits per heavy atom. The number of aromatic amines is 1. The number of nitrogens with one attached hydrogen (secondary N) is 1. The average Bonchev–Trinajstić information content (AvgIpc) is 3.31. The van der Waals surface area contributed by atoms with Gasteiger partial charge >= 0.3 is 0 Å². The van der Waals surface area contributed by atoms with E-state index in [-0.39, 0.29) is 0 Å². The molecule has 0 atom stereocenters. The predicted molar refractivity (Wildman–Crippen MR) is 117 cm³/mol. The minimum absolute atomic E-state index is 0.746. The van der Waals surface area contributed by atoms with E-state index in [2.05, 4.69) is 18.8 Å². The summed E-state index contributed by atoms with van der Waals surface area (Å²) >= 11 is 15.6. The second-order valence-electron chi connectivity index (χ2n) is 6.05. The van der Waals surface area contributed by atoms with Crippen LogP contribution < -0.4 is 4.74 Å². The Bertz CT molecular complexity index is 1060. The summed E-state index contributed by atoms with van der Waals surface area (Å²) in [6.07, 6.45) is 0. The second-order valence-corrected chi connectivity index (χ2v) is 9.83. The number of aromatic nitrogens is 2. The molecule has 0 aliphatic carbocycles. The molecule has 1 aromatic carbocycles. The number of rotatable bonds is 4. The number of H-pyrrole nitrogens is 1. The Morgan fingerprint density at radius 1 is 0.926 bits per heavy atom. The number of hydrogen-bond donors (Lipinski definition) is 1. The third kappa shape index (κ3) is 3.41. The zero-order chi connectivity index (χ0) is 19.1. The van der Waals surface area contributed by atoms with Gasteiger partial charge in [-0.25, -0.2) is 4.98 Å². The Balaban J connectivity index is 1.98. The van der Waals surface area contributed by atoms with E-state index < -0.39 is 0 Å². The monoisotopic (exact) mass is 434 g/mol. The van der Waals surface area contributed by atoms with E-state index in [0.717, 1.165) is 58.1 Å². The van der Waals surface area contributed by atoms with E-state index in [0.29, 0.717) is 0 Å². The van der Waals surface area contributed by atoms with Gasteiger partial charge in [0.05, 0.1) is 32.7 Å². The topological polar surface area (TPSA) is 37.9 Å². The number of benzene rings is 1. The molecule has 0 aliphatic heterocycles. The number of hydrogen-bond acceptors (Lipinski definition) is 4. The Morgan fingerprint density at radius 2 is 1.56 bits per heavy atom.